The molecule has 28 heavy (non-hydrogen) atoms. The van der Waals surface area contributed by atoms with E-state index in [-0.39, 0.29) is 17.3 Å². The Hall–Kier alpha value is -2.90. The zero-order chi connectivity index (χ0) is 20.3. The second-order valence-corrected chi connectivity index (χ2v) is 6.96. The van der Waals surface area contributed by atoms with Gasteiger partial charge in [0.15, 0.2) is 0 Å². The predicted octanol–water partition coefficient (Wildman–Crippen LogP) is 4.22. The third-order valence-corrected chi connectivity index (χ3v) is 4.65. The monoisotopic (exact) mass is 391 g/mol. The molecular weight excluding hydrogens is 371 g/mol. The van der Waals surface area contributed by atoms with Crippen molar-refractivity contribution in [2.24, 2.45) is 5.92 Å². The topological polar surface area (TPSA) is 62.3 Å². The van der Waals surface area contributed by atoms with Crippen LogP contribution in [0.25, 0.3) is 0 Å². The largest absolute Gasteiger partial charge is 0.416 e. The van der Waals surface area contributed by atoms with Crippen LogP contribution < -0.4 is 5.32 Å². The van der Waals surface area contributed by atoms with Gasteiger partial charge in [-0.05, 0) is 55.2 Å². The highest BCUT2D eigenvalue weighted by Gasteiger charge is 2.30. The Bertz CT molecular complexity index is 866. The first-order chi connectivity index (χ1) is 13.2. The minimum absolute atomic E-state index is 0.0239. The molecule has 8 heteroatoms. The van der Waals surface area contributed by atoms with Gasteiger partial charge in [-0.3, -0.25) is 14.6 Å². The van der Waals surface area contributed by atoms with E-state index in [1.165, 1.54) is 24.4 Å². The molecule has 1 aromatic heterocycles. The standard InChI is InChI=1S/C20H20F3N3O2/c1-13-3-2-10-26(12-13)19(28)14-8-9-24-17(11-14)18(27)25-16-6-4-15(5-7-16)20(21,22)23/h4-9,11,13H,2-3,10,12H2,1H3,(H,25,27). The molecule has 1 aliphatic rings. The van der Waals surface area contributed by atoms with Crippen LogP contribution in [-0.2, 0) is 6.18 Å². The molecule has 2 aromatic rings. The SMILES string of the molecule is CC1CCCN(C(=O)c2ccnc(C(=O)Nc3ccc(C(F)(F)F)cc3)c2)C1. The molecule has 1 atom stereocenters. The molecule has 3 rings (SSSR count). The van der Waals surface area contributed by atoms with Gasteiger partial charge >= 0.3 is 6.18 Å². The summed E-state index contributed by atoms with van der Waals surface area (Å²) < 4.78 is 37.8. The number of benzene rings is 1. The number of amides is 2. The number of halogens is 3. The van der Waals surface area contributed by atoms with Crippen molar-refractivity contribution in [1.82, 2.24) is 9.88 Å². The first-order valence-corrected chi connectivity index (χ1v) is 8.98. The van der Waals surface area contributed by atoms with Gasteiger partial charge in [-0.2, -0.15) is 13.2 Å². The number of rotatable bonds is 3. The highest BCUT2D eigenvalue weighted by atomic mass is 19.4. The molecule has 2 heterocycles. The number of aromatic nitrogens is 1. The Morgan fingerprint density at radius 1 is 1.18 bits per heavy atom. The van der Waals surface area contributed by atoms with Gasteiger partial charge in [0.05, 0.1) is 5.56 Å². The van der Waals surface area contributed by atoms with Crippen LogP contribution in [0, 0.1) is 5.92 Å². The van der Waals surface area contributed by atoms with Gasteiger partial charge in [0, 0.05) is 30.5 Å². The lowest BCUT2D eigenvalue weighted by atomic mass is 9.99. The van der Waals surface area contributed by atoms with Gasteiger partial charge in [-0.15, -0.1) is 0 Å². The Labute approximate surface area is 160 Å². The second kappa shape index (κ2) is 8.00. The van der Waals surface area contributed by atoms with E-state index < -0.39 is 17.6 Å². The zero-order valence-corrected chi connectivity index (χ0v) is 15.3. The first-order valence-electron chi connectivity index (χ1n) is 8.98. The molecular formula is C20H20F3N3O2. The second-order valence-electron chi connectivity index (χ2n) is 6.96. The molecule has 0 radical (unpaired) electrons. The molecule has 0 aliphatic carbocycles. The average Bonchev–Trinajstić information content (AvgIpc) is 2.67. The Balaban J connectivity index is 1.71. The van der Waals surface area contributed by atoms with E-state index >= 15 is 0 Å². The minimum Gasteiger partial charge on any atom is -0.338 e. The summed E-state index contributed by atoms with van der Waals surface area (Å²) in [6, 6.07) is 7.08. The van der Waals surface area contributed by atoms with Gasteiger partial charge in [0.1, 0.15) is 5.69 Å². The lowest BCUT2D eigenvalue weighted by molar-refractivity contribution is -0.137. The fourth-order valence-corrected chi connectivity index (χ4v) is 3.18. The van der Waals surface area contributed by atoms with E-state index in [0.717, 1.165) is 25.0 Å². The number of piperidine rings is 1. The summed E-state index contributed by atoms with van der Waals surface area (Å²) >= 11 is 0. The van der Waals surface area contributed by atoms with E-state index in [0.29, 0.717) is 24.6 Å². The van der Waals surface area contributed by atoms with Crippen LogP contribution in [0.15, 0.2) is 42.6 Å². The molecule has 1 aliphatic heterocycles. The smallest absolute Gasteiger partial charge is 0.338 e. The average molecular weight is 391 g/mol. The van der Waals surface area contributed by atoms with Crippen LogP contribution in [-0.4, -0.2) is 34.8 Å². The molecule has 1 fully saturated rings. The van der Waals surface area contributed by atoms with E-state index in [1.54, 1.807) is 11.0 Å². The van der Waals surface area contributed by atoms with Crippen molar-refractivity contribution < 1.29 is 22.8 Å². The number of nitrogens with zero attached hydrogens (tertiary/aromatic N) is 2. The highest BCUT2D eigenvalue weighted by Crippen LogP contribution is 2.29. The molecule has 0 bridgehead atoms. The van der Waals surface area contributed by atoms with Crippen LogP contribution >= 0.6 is 0 Å². The van der Waals surface area contributed by atoms with Gasteiger partial charge in [0.25, 0.3) is 11.8 Å². The fourth-order valence-electron chi connectivity index (χ4n) is 3.18. The number of anilines is 1. The summed E-state index contributed by atoms with van der Waals surface area (Å²) in [6.07, 6.45) is -1.03. The molecule has 2 amide bonds. The van der Waals surface area contributed by atoms with E-state index in [4.69, 9.17) is 0 Å². The predicted molar refractivity (Wildman–Crippen MR) is 97.9 cm³/mol. The van der Waals surface area contributed by atoms with E-state index in [2.05, 4.69) is 17.2 Å². The highest BCUT2D eigenvalue weighted by molar-refractivity contribution is 6.04. The molecule has 5 nitrogen and oxygen atoms in total. The maximum Gasteiger partial charge on any atom is 0.416 e. The Morgan fingerprint density at radius 2 is 1.89 bits per heavy atom. The zero-order valence-electron chi connectivity index (χ0n) is 15.3. The minimum atomic E-state index is -4.44. The molecule has 1 aromatic carbocycles. The summed E-state index contributed by atoms with van der Waals surface area (Å²) in [5, 5.41) is 2.50. The summed E-state index contributed by atoms with van der Waals surface area (Å²) in [5.41, 5.74) is -0.203. The number of carbonyl (C=O) groups is 2. The third-order valence-electron chi connectivity index (χ3n) is 4.65. The molecule has 1 unspecified atom stereocenters. The molecule has 148 valence electrons. The van der Waals surface area contributed by atoms with Gasteiger partial charge in [-0.25, -0.2) is 0 Å². The summed E-state index contributed by atoms with van der Waals surface area (Å²) in [4.78, 5) is 30.8. The first kappa shape index (κ1) is 19.9. The maximum absolute atomic E-state index is 12.7. The van der Waals surface area contributed by atoms with Crippen LogP contribution in [0.1, 0.15) is 46.2 Å². The quantitative estimate of drug-likeness (QED) is 0.852. The van der Waals surface area contributed by atoms with Gasteiger partial charge in [0.2, 0.25) is 0 Å². The maximum atomic E-state index is 12.7. The molecule has 0 saturated carbocycles. The number of alkyl halides is 3. The van der Waals surface area contributed by atoms with E-state index in [1.807, 2.05) is 0 Å². The molecule has 0 spiro atoms. The van der Waals surface area contributed by atoms with Crippen molar-refractivity contribution in [2.75, 3.05) is 18.4 Å². The van der Waals surface area contributed by atoms with Crippen molar-refractivity contribution in [2.45, 2.75) is 25.9 Å². The Morgan fingerprint density at radius 3 is 2.54 bits per heavy atom. The number of carbonyl (C=O) groups excluding carboxylic acids is 2. The number of hydrogen-bond acceptors (Lipinski definition) is 3. The number of likely N-dealkylation sites (tertiary alicyclic amines) is 1. The Kier molecular flexibility index (Phi) is 5.67. The molecule has 1 saturated heterocycles. The van der Waals surface area contributed by atoms with Crippen LogP contribution in [0.4, 0.5) is 18.9 Å². The summed E-state index contributed by atoms with van der Waals surface area (Å²) in [7, 11) is 0. The number of hydrogen-bond donors (Lipinski definition) is 1. The van der Waals surface area contributed by atoms with Crippen LogP contribution in [0.2, 0.25) is 0 Å². The third kappa shape index (κ3) is 4.68. The van der Waals surface area contributed by atoms with Crippen molar-refractivity contribution in [3.8, 4) is 0 Å². The lowest BCUT2D eigenvalue weighted by Crippen LogP contribution is -2.39. The van der Waals surface area contributed by atoms with Gasteiger partial charge in [-0.1, -0.05) is 6.92 Å². The molecule has 1 N–H and O–H groups in total. The van der Waals surface area contributed by atoms with Crippen LogP contribution in [0.3, 0.4) is 0 Å². The number of pyridine rings is 1. The van der Waals surface area contributed by atoms with Crippen molar-refractivity contribution in [1.29, 1.82) is 0 Å². The lowest BCUT2D eigenvalue weighted by Gasteiger charge is -2.31. The normalized spacial score (nSPS) is 17.3. The van der Waals surface area contributed by atoms with Gasteiger partial charge < -0.3 is 10.2 Å². The van der Waals surface area contributed by atoms with Crippen molar-refractivity contribution in [3.63, 3.8) is 0 Å². The number of nitrogens with one attached hydrogen (secondary N) is 1. The fraction of sp³-hybridized carbons (Fsp3) is 0.350. The summed E-state index contributed by atoms with van der Waals surface area (Å²) in [6.45, 7) is 3.45. The van der Waals surface area contributed by atoms with Crippen LogP contribution in [0.5, 0.6) is 0 Å². The van der Waals surface area contributed by atoms with Crippen molar-refractivity contribution in [3.05, 3.63) is 59.4 Å². The van der Waals surface area contributed by atoms with Crippen molar-refractivity contribution >= 4 is 17.5 Å². The summed E-state index contributed by atoms with van der Waals surface area (Å²) in [5.74, 6) is -0.319. The van der Waals surface area contributed by atoms with E-state index in [9.17, 15) is 22.8 Å².